The van der Waals surface area contributed by atoms with Crippen LogP contribution in [0, 0.1) is 6.92 Å². The van der Waals surface area contributed by atoms with E-state index in [-0.39, 0.29) is 12.5 Å². The molecule has 0 bridgehead atoms. The lowest BCUT2D eigenvalue weighted by Gasteiger charge is -2.28. The predicted octanol–water partition coefficient (Wildman–Crippen LogP) is 3.36. The van der Waals surface area contributed by atoms with E-state index in [0.29, 0.717) is 0 Å². The summed E-state index contributed by atoms with van der Waals surface area (Å²) in [5.41, 5.74) is 0.443. The number of benzene rings is 1. The maximum atomic E-state index is 12.5. The van der Waals surface area contributed by atoms with Crippen molar-refractivity contribution in [3.8, 4) is 0 Å². The van der Waals surface area contributed by atoms with Crippen molar-refractivity contribution in [2.45, 2.75) is 38.7 Å². The van der Waals surface area contributed by atoms with Crippen LogP contribution in [0.3, 0.4) is 0 Å². The van der Waals surface area contributed by atoms with Gasteiger partial charge in [-0.25, -0.2) is 0 Å². The smallest absolute Gasteiger partial charge is 0.230 e. The Kier molecular flexibility index (Phi) is 4.73. The standard InChI is InChI=1S/C18H23NO2S/c1-13-7-9-14(10-8-13)17(2,3)16(20)19-12-18(4,21)15-6-5-11-22-15/h5-11,21H,12H2,1-4H3,(H,19,20). The Morgan fingerprint density at radius 1 is 1.18 bits per heavy atom. The first-order chi connectivity index (χ1) is 10.2. The van der Waals surface area contributed by atoms with Gasteiger partial charge < -0.3 is 10.4 Å². The van der Waals surface area contributed by atoms with Crippen LogP contribution >= 0.6 is 11.3 Å². The summed E-state index contributed by atoms with van der Waals surface area (Å²) in [4.78, 5) is 13.4. The lowest BCUT2D eigenvalue weighted by atomic mass is 9.83. The molecule has 2 N–H and O–H groups in total. The minimum absolute atomic E-state index is 0.0896. The van der Waals surface area contributed by atoms with Gasteiger partial charge >= 0.3 is 0 Å². The molecule has 0 saturated carbocycles. The highest BCUT2D eigenvalue weighted by molar-refractivity contribution is 7.10. The molecule has 1 aromatic heterocycles. The molecule has 2 rings (SSSR count). The van der Waals surface area contributed by atoms with Gasteiger partial charge in [0.05, 0.1) is 12.0 Å². The van der Waals surface area contributed by atoms with Crippen LogP contribution in [0.25, 0.3) is 0 Å². The zero-order valence-corrected chi connectivity index (χ0v) is 14.3. The third kappa shape index (κ3) is 3.57. The summed E-state index contributed by atoms with van der Waals surface area (Å²) < 4.78 is 0. The fourth-order valence-electron chi connectivity index (χ4n) is 2.25. The van der Waals surface area contributed by atoms with Crippen molar-refractivity contribution in [3.05, 3.63) is 57.8 Å². The fraction of sp³-hybridized carbons (Fsp3) is 0.389. The molecule has 0 aliphatic heterocycles. The molecular weight excluding hydrogens is 294 g/mol. The largest absolute Gasteiger partial charge is 0.383 e. The zero-order chi connectivity index (χ0) is 16.4. The lowest BCUT2D eigenvalue weighted by Crippen LogP contribution is -2.45. The van der Waals surface area contributed by atoms with Gasteiger partial charge in [-0.1, -0.05) is 35.9 Å². The van der Waals surface area contributed by atoms with Crippen LogP contribution in [0.1, 0.15) is 36.8 Å². The Balaban J connectivity index is 2.06. The van der Waals surface area contributed by atoms with Gasteiger partial charge in [0.15, 0.2) is 0 Å². The topological polar surface area (TPSA) is 49.3 Å². The summed E-state index contributed by atoms with van der Waals surface area (Å²) in [5.74, 6) is -0.0896. The first kappa shape index (κ1) is 16.7. The number of carbonyl (C=O) groups excluding carboxylic acids is 1. The van der Waals surface area contributed by atoms with Crippen LogP contribution in [0.5, 0.6) is 0 Å². The molecule has 0 aliphatic rings. The van der Waals surface area contributed by atoms with Gasteiger partial charge in [0.1, 0.15) is 5.60 Å². The van der Waals surface area contributed by atoms with E-state index in [4.69, 9.17) is 0 Å². The number of rotatable bonds is 5. The summed E-state index contributed by atoms with van der Waals surface area (Å²) in [5, 5.41) is 15.3. The quantitative estimate of drug-likeness (QED) is 0.888. The number of hydrogen-bond acceptors (Lipinski definition) is 3. The van der Waals surface area contributed by atoms with Crippen molar-refractivity contribution in [2.75, 3.05) is 6.54 Å². The molecule has 0 fully saturated rings. The van der Waals surface area contributed by atoms with E-state index < -0.39 is 11.0 Å². The third-order valence-corrected chi connectivity index (χ3v) is 5.11. The Morgan fingerprint density at radius 3 is 2.36 bits per heavy atom. The zero-order valence-electron chi connectivity index (χ0n) is 13.5. The Bertz CT molecular complexity index is 628. The SMILES string of the molecule is Cc1ccc(C(C)(C)C(=O)NCC(C)(O)c2cccs2)cc1. The average Bonchev–Trinajstić information content (AvgIpc) is 3.00. The minimum Gasteiger partial charge on any atom is -0.383 e. The molecule has 1 atom stereocenters. The molecule has 0 aliphatic carbocycles. The highest BCUT2D eigenvalue weighted by atomic mass is 32.1. The van der Waals surface area contributed by atoms with E-state index >= 15 is 0 Å². The number of amides is 1. The van der Waals surface area contributed by atoms with E-state index in [0.717, 1.165) is 10.4 Å². The van der Waals surface area contributed by atoms with Gasteiger partial charge in [-0.15, -0.1) is 11.3 Å². The van der Waals surface area contributed by atoms with Crippen molar-refractivity contribution < 1.29 is 9.90 Å². The summed E-state index contributed by atoms with van der Waals surface area (Å²) in [7, 11) is 0. The first-order valence-corrected chi connectivity index (χ1v) is 8.23. The Labute approximate surface area is 136 Å². The summed E-state index contributed by atoms with van der Waals surface area (Å²) >= 11 is 1.49. The van der Waals surface area contributed by atoms with E-state index in [9.17, 15) is 9.90 Å². The van der Waals surface area contributed by atoms with Crippen molar-refractivity contribution in [2.24, 2.45) is 0 Å². The lowest BCUT2D eigenvalue weighted by molar-refractivity contribution is -0.126. The number of nitrogens with one attached hydrogen (secondary N) is 1. The molecule has 22 heavy (non-hydrogen) atoms. The van der Waals surface area contributed by atoms with Gasteiger partial charge in [0, 0.05) is 4.88 Å². The third-order valence-electron chi connectivity index (χ3n) is 3.99. The number of hydrogen-bond donors (Lipinski definition) is 2. The molecule has 1 aromatic carbocycles. The van der Waals surface area contributed by atoms with E-state index in [2.05, 4.69) is 5.32 Å². The molecule has 1 amide bonds. The van der Waals surface area contributed by atoms with E-state index in [1.165, 1.54) is 16.9 Å². The van der Waals surface area contributed by atoms with Crippen molar-refractivity contribution >= 4 is 17.2 Å². The monoisotopic (exact) mass is 317 g/mol. The summed E-state index contributed by atoms with van der Waals surface area (Å²) in [6, 6.07) is 11.7. The maximum Gasteiger partial charge on any atom is 0.230 e. The number of aryl methyl sites for hydroxylation is 1. The number of aliphatic hydroxyl groups is 1. The van der Waals surface area contributed by atoms with Crippen LogP contribution in [0.2, 0.25) is 0 Å². The maximum absolute atomic E-state index is 12.5. The van der Waals surface area contributed by atoms with E-state index in [1.54, 1.807) is 6.92 Å². The van der Waals surface area contributed by atoms with Gasteiger partial charge in [-0.05, 0) is 44.7 Å². The highest BCUT2D eigenvalue weighted by Gasteiger charge is 2.32. The van der Waals surface area contributed by atoms with Crippen LogP contribution in [-0.4, -0.2) is 17.6 Å². The van der Waals surface area contributed by atoms with Gasteiger partial charge in [-0.3, -0.25) is 4.79 Å². The van der Waals surface area contributed by atoms with Crippen LogP contribution in [0.4, 0.5) is 0 Å². The van der Waals surface area contributed by atoms with Crippen LogP contribution in [0.15, 0.2) is 41.8 Å². The molecule has 0 spiro atoms. The molecule has 1 unspecified atom stereocenters. The molecular formula is C18H23NO2S. The van der Waals surface area contributed by atoms with Crippen molar-refractivity contribution in [3.63, 3.8) is 0 Å². The fourth-order valence-corrected chi connectivity index (χ4v) is 3.03. The second-order valence-corrected chi connectivity index (χ2v) is 7.37. The molecule has 4 heteroatoms. The molecule has 118 valence electrons. The molecule has 2 aromatic rings. The van der Waals surface area contributed by atoms with Crippen molar-refractivity contribution in [1.29, 1.82) is 0 Å². The Morgan fingerprint density at radius 2 is 1.82 bits per heavy atom. The normalized spacial score (nSPS) is 14.4. The first-order valence-electron chi connectivity index (χ1n) is 7.35. The predicted molar refractivity (Wildman–Crippen MR) is 91.1 cm³/mol. The van der Waals surface area contributed by atoms with E-state index in [1.807, 2.05) is 62.5 Å². The van der Waals surface area contributed by atoms with Gasteiger partial charge in [0.2, 0.25) is 5.91 Å². The second kappa shape index (κ2) is 6.23. The number of thiophene rings is 1. The average molecular weight is 317 g/mol. The Hall–Kier alpha value is -1.65. The molecule has 3 nitrogen and oxygen atoms in total. The van der Waals surface area contributed by atoms with Crippen LogP contribution in [-0.2, 0) is 15.8 Å². The second-order valence-electron chi connectivity index (χ2n) is 6.42. The highest BCUT2D eigenvalue weighted by Crippen LogP contribution is 2.26. The molecule has 0 radical (unpaired) electrons. The minimum atomic E-state index is -1.05. The van der Waals surface area contributed by atoms with Crippen LogP contribution < -0.4 is 5.32 Å². The van der Waals surface area contributed by atoms with Gasteiger partial charge in [-0.2, -0.15) is 0 Å². The summed E-state index contributed by atoms with van der Waals surface area (Å²) in [6.07, 6.45) is 0. The van der Waals surface area contributed by atoms with Crippen molar-refractivity contribution in [1.82, 2.24) is 5.32 Å². The molecule has 0 saturated heterocycles. The summed E-state index contributed by atoms with van der Waals surface area (Å²) in [6.45, 7) is 7.73. The molecule has 1 heterocycles. The van der Waals surface area contributed by atoms with Gasteiger partial charge in [0.25, 0.3) is 0 Å². The number of carbonyl (C=O) groups is 1.